The highest BCUT2D eigenvalue weighted by molar-refractivity contribution is 7.99. The van der Waals surface area contributed by atoms with Crippen molar-refractivity contribution in [1.29, 1.82) is 0 Å². The van der Waals surface area contributed by atoms with Crippen molar-refractivity contribution in [2.24, 2.45) is 0 Å². The summed E-state index contributed by atoms with van der Waals surface area (Å²) in [5.41, 5.74) is 5.05. The van der Waals surface area contributed by atoms with Crippen LogP contribution in [0.3, 0.4) is 0 Å². The van der Waals surface area contributed by atoms with Crippen molar-refractivity contribution in [2.45, 2.75) is 24.9 Å². The van der Waals surface area contributed by atoms with Gasteiger partial charge in [-0.1, -0.05) is 73.3 Å². The second-order valence-electron chi connectivity index (χ2n) is 6.90. The Morgan fingerprint density at radius 1 is 0.967 bits per heavy atom. The summed E-state index contributed by atoms with van der Waals surface area (Å²) in [6.45, 7) is 2.75. The van der Waals surface area contributed by atoms with Gasteiger partial charge in [-0.25, -0.2) is 0 Å². The number of thioether (sulfide) groups is 1. The van der Waals surface area contributed by atoms with Crippen LogP contribution in [0.1, 0.15) is 18.1 Å². The van der Waals surface area contributed by atoms with E-state index in [1.807, 2.05) is 30.3 Å². The van der Waals surface area contributed by atoms with Crippen molar-refractivity contribution in [3.05, 3.63) is 77.9 Å². The van der Waals surface area contributed by atoms with E-state index in [9.17, 15) is 4.79 Å². The van der Waals surface area contributed by atoms with Crippen LogP contribution in [0, 0.1) is 0 Å². The summed E-state index contributed by atoms with van der Waals surface area (Å²) in [5.74, 6) is 0.242. The van der Waals surface area contributed by atoms with Crippen LogP contribution in [0.4, 0.5) is 0 Å². The van der Waals surface area contributed by atoms with Crippen LogP contribution in [0.25, 0.3) is 16.9 Å². The number of nitrogens with zero attached hydrogens (tertiary/aromatic N) is 4. The summed E-state index contributed by atoms with van der Waals surface area (Å²) in [4.78, 5) is 12.2. The summed E-state index contributed by atoms with van der Waals surface area (Å²) >= 11 is 1.34. The number of benzene rings is 2. The van der Waals surface area contributed by atoms with E-state index in [0.717, 1.165) is 24.1 Å². The second-order valence-corrected chi connectivity index (χ2v) is 7.84. The standard InChI is InChI=1S/C23H23N5OS/c1-2-17-8-10-19(11-9-17)20-12-13-21-25-26-23(28(21)27-20)30-16-22(29)24-15-14-18-6-4-3-5-7-18/h3-13H,2,14-16H2,1H3,(H,24,29). The Hall–Kier alpha value is -3.19. The predicted octanol–water partition coefficient (Wildman–Crippen LogP) is 3.80. The third-order valence-corrected chi connectivity index (χ3v) is 5.72. The zero-order valence-corrected chi connectivity index (χ0v) is 17.6. The molecule has 4 rings (SSSR count). The van der Waals surface area contributed by atoms with Gasteiger partial charge in [0.25, 0.3) is 0 Å². The molecular weight excluding hydrogens is 394 g/mol. The Labute approximate surface area is 179 Å². The summed E-state index contributed by atoms with van der Waals surface area (Å²) in [6, 6.07) is 22.3. The zero-order valence-electron chi connectivity index (χ0n) is 16.8. The molecule has 30 heavy (non-hydrogen) atoms. The molecule has 152 valence electrons. The minimum atomic E-state index is -0.0287. The number of amides is 1. The number of fused-ring (bicyclic) bond motifs is 1. The summed E-state index contributed by atoms with van der Waals surface area (Å²) < 4.78 is 1.70. The molecule has 0 unspecified atom stereocenters. The molecule has 6 nitrogen and oxygen atoms in total. The molecule has 0 aliphatic heterocycles. The third-order valence-electron chi connectivity index (χ3n) is 4.80. The van der Waals surface area contributed by atoms with E-state index in [-0.39, 0.29) is 11.7 Å². The quantitative estimate of drug-likeness (QED) is 0.442. The van der Waals surface area contributed by atoms with Gasteiger partial charge in [-0.2, -0.15) is 9.61 Å². The lowest BCUT2D eigenvalue weighted by Crippen LogP contribution is -2.27. The normalized spacial score (nSPS) is 11.0. The minimum absolute atomic E-state index is 0.0287. The van der Waals surface area contributed by atoms with Crippen LogP contribution in [-0.2, 0) is 17.6 Å². The average molecular weight is 418 g/mol. The van der Waals surface area contributed by atoms with Gasteiger partial charge < -0.3 is 5.32 Å². The molecule has 7 heteroatoms. The van der Waals surface area contributed by atoms with Crippen molar-refractivity contribution < 1.29 is 4.79 Å². The van der Waals surface area contributed by atoms with Gasteiger partial charge in [0.1, 0.15) is 0 Å². The molecule has 0 saturated carbocycles. The van der Waals surface area contributed by atoms with Crippen LogP contribution < -0.4 is 5.32 Å². The molecule has 2 aromatic carbocycles. The molecule has 0 aliphatic rings. The first-order valence-electron chi connectivity index (χ1n) is 9.98. The van der Waals surface area contributed by atoms with Gasteiger partial charge >= 0.3 is 0 Å². The molecule has 1 amide bonds. The first-order valence-corrected chi connectivity index (χ1v) is 11.0. The maximum Gasteiger partial charge on any atom is 0.230 e. The monoisotopic (exact) mass is 417 g/mol. The zero-order chi connectivity index (χ0) is 20.8. The minimum Gasteiger partial charge on any atom is -0.355 e. The molecule has 0 radical (unpaired) electrons. The fourth-order valence-electron chi connectivity index (χ4n) is 3.10. The summed E-state index contributed by atoms with van der Waals surface area (Å²) in [7, 11) is 0. The van der Waals surface area contributed by atoms with E-state index in [1.165, 1.54) is 22.9 Å². The highest BCUT2D eigenvalue weighted by Gasteiger charge is 2.11. The van der Waals surface area contributed by atoms with Gasteiger partial charge in [-0.3, -0.25) is 4.79 Å². The second kappa shape index (κ2) is 9.54. The number of carbonyl (C=O) groups is 1. The molecule has 2 heterocycles. The Bertz CT molecular complexity index is 1130. The lowest BCUT2D eigenvalue weighted by molar-refractivity contribution is -0.118. The van der Waals surface area contributed by atoms with Crippen molar-refractivity contribution in [3.63, 3.8) is 0 Å². The van der Waals surface area contributed by atoms with Crippen molar-refractivity contribution in [1.82, 2.24) is 25.1 Å². The lowest BCUT2D eigenvalue weighted by atomic mass is 10.1. The van der Waals surface area contributed by atoms with Crippen LogP contribution in [0.2, 0.25) is 0 Å². The van der Waals surface area contributed by atoms with Gasteiger partial charge in [0, 0.05) is 12.1 Å². The summed E-state index contributed by atoms with van der Waals surface area (Å²) in [5, 5.41) is 16.6. The number of nitrogens with one attached hydrogen (secondary N) is 1. The number of aryl methyl sites for hydroxylation is 1. The van der Waals surface area contributed by atoms with Crippen molar-refractivity contribution in [3.8, 4) is 11.3 Å². The highest BCUT2D eigenvalue weighted by Crippen LogP contribution is 2.21. The number of rotatable bonds is 8. The molecule has 0 spiro atoms. The van der Waals surface area contributed by atoms with E-state index in [2.05, 4.69) is 63.9 Å². The molecule has 2 aromatic heterocycles. The molecule has 0 atom stereocenters. The largest absolute Gasteiger partial charge is 0.355 e. The maximum atomic E-state index is 12.2. The smallest absolute Gasteiger partial charge is 0.230 e. The van der Waals surface area contributed by atoms with E-state index in [1.54, 1.807) is 4.52 Å². The van der Waals surface area contributed by atoms with E-state index in [4.69, 9.17) is 0 Å². The summed E-state index contributed by atoms with van der Waals surface area (Å²) in [6.07, 6.45) is 1.82. The van der Waals surface area contributed by atoms with Gasteiger partial charge in [0.05, 0.1) is 11.4 Å². The van der Waals surface area contributed by atoms with Crippen molar-refractivity contribution in [2.75, 3.05) is 12.3 Å². The molecule has 0 saturated heterocycles. The topological polar surface area (TPSA) is 72.2 Å². The lowest BCUT2D eigenvalue weighted by Gasteiger charge is -2.06. The van der Waals surface area contributed by atoms with Gasteiger partial charge in [0.2, 0.25) is 11.1 Å². The number of hydrogen-bond acceptors (Lipinski definition) is 5. The first kappa shape index (κ1) is 20.1. The third kappa shape index (κ3) is 4.86. The van der Waals surface area contributed by atoms with Gasteiger partial charge in [0.15, 0.2) is 5.65 Å². The Morgan fingerprint density at radius 2 is 1.77 bits per heavy atom. The van der Waals surface area contributed by atoms with Crippen LogP contribution >= 0.6 is 11.8 Å². The molecule has 1 N–H and O–H groups in total. The predicted molar refractivity (Wildman–Crippen MR) is 119 cm³/mol. The van der Waals surface area contributed by atoms with E-state index >= 15 is 0 Å². The molecule has 0 fully saturated rings. The molecule has 4 aromatic rings. The van der Waals surface area contributed by atoms with Gasteiger partial charge in [-0.15, -0.1) is 10.2 Å². The molecule has 0 aliphatic carbocycles. The SMILES string of the molecule is CCc1ccc(-c2ccc3nnc(SCC(=O)NCCc4ccccc4)n3n2)cc1. The highest BCUT2D eigenvalue weighted by atomic mass is 32.2. The first-order chi connectivity index (χ1) is 14.7. The van der Waals surface area contributed by atoms with Gasteiger partial charge in [-0.05, 0) is 36.1 Å². The van der Waals surface area contributed by atoms with E-state index in [0.29, 0.717) is 17.3 Å². The van der Waals surface area contributed by atoms with Crippen LogP contribution in [0.5, 0.6) is 0 Å². The number of aromatic nitrogens is 4. The number of hydrogen-bond donors (Lipinski definition) is 1. The van der Waals surface area contributed by atoms with Crippen molar-refractivity contribution >= 4 is 23.3 Å². The number of carbonyl (C=O) groups excluding carboxylic acids is 1. The Balaban J connectivity index is 1.38. The fourth-order valence-corrected chi connectivity index (χ4v) is 3.81. The Morgan fingerprint density at radius 3 is 2.53 bits per heavy atom. The average Bonchev–Trinajstić information content (AvgIpc) is 3.21. The Kier molecular flexibility index (Phi) is 6.39. The van der Waals surface area contributed by atoms with E-state index < -0.39 is 0 Å². The van der Waals surface area contributed by atoms with Crippen LogP contribution in [-0.4, -0.2) is 38.0 Å². The van der Waals surface area contributed by atoms with Crippen LogP contribution in [0.15, 0.2) is 71.9 Å². The molecule has 0 bridgehead atoms. The fraction of sp³-hybridized carbons (Fsp3) is 0.217. The molecular formula is C23H23N5OS. The maximum absolute atomic E-state index is 12.2.